The van der Waals surface area contributed by atoms with E-state index in [4.69, 9.17) is 5.11 Å². The summed E-state index contributed by atoms with van der Waals surface area (Å²) in [6, 6.07) is 6.23. The number of carbonyl (C=O) groups excluding carboxylic acids is 1. The van der Waals surface area contributed by atoms with Crippen LogP contribution in [0.5, 0.6) is 0 Å². The summed E-state index contributed by atoms with van der Waals surface area (Å²) in [4.78, 5) is 16.9. The molecule has 1 aromatic carbocycles. The van der Waals surface area contributed by atoms with Crippen molar-refractivity contribution in [2.75, 3.05) is 45.9 Å². The first-order chi connectivity index (χ1) is 10.3. The van der Waals surface area contributed by atoms with Gasteiger partial charge in [-0.15, -0.1) is 0 Å². The summed E-state index contributed by atoms with van der Waals surface area (Å²) >= 11 is 0. The van der Waals surface area contributed by atoms with Crippen molar-refractivity contribution in [3.63, 3.8) is 0 Å². The standard InChI is InChI=1S/C17H24N2O2/c20-11-10-18-6-8-19(9-7-18)13-17(21)16-5-4-14-2-1-3-15(14)12-16/h4-5,12,20H,1-3,6-11,13H2. The van der Waals surface area contributed by atoms with E-state index in [1.165, 1.54) is 17.5 Å². The van der Waals surface area contributed by atoms with Crippen molar-refractivity contribution in [3.8, 4) is 0 Å². The summed E-state index contributed by atoms with van der Waals surface area (Å²) in [5.74, 6) is 0.236. The molecule has 114 valence electrons. The first-order valence-corrected chi connectivity index (χ1v) is 7.97. The lowest BCUT2D eigenvalue weighted by Gasteiger charge is -2.33. The highest BCUT2D eigenvalue weighted by Crippen LogP contribution is 2.23. The molecule has 1 aromatic rings. The van der Waals surface area contributed by atoms with Crippen molar-refractivity contribution in [3.05, 3.63) is 34.9 Å². The van der Waals surface area contributed by atoms with E-state index in [2.05, 4.69) is 21.9 Å². The van der Waals surface area contributed by atoms with Gasteiger partial charge in [-0.25, -0.2) is 0 Å². The van der Waals surface area contributed by atoms with E-state index in [9.17, 15) is 4.79 Å². The van der Waals surface area contributed by atoms with Crippen molar-refractivity contribution in [1.82, 2.24) is 9.80 Å². The maximum absolute atomic E-state index is 12.4. The fourth-order valence-electron chi connectivity index (χ4n) is 3.35. The van der Waals surface area contributed by atoms with Gasteiger partial charge >= 0.3 is 0 Å². The molecular formula is C17H24N2O2. The molecule has 21 heavy (non-hydrogen) atoms. The Morgan fingerprint density at radius 2 is 1.76 bits per heavy atom. The average Bonchev–Trinajstić information content (AvgIpc) is 2.97. The Balaban J connectivity index is 1.55. The van der Waals surface area contributed by atoms with Crippen LogP contribution < -0.4 is 0 Å². The molecule has 1 heterocycles. The van der Waals surface area contributed by atoms with Gasteiger partial charge in [-0.05, 0) is 36.5 Å². The maximum atomic E-state index is 12.4. The zero-order valence-electron chi connectivity index (χ0n) is 12.6. The van der Waals surface area contributed by atoms with Gasteiger partial charge in [0.15, 0.2) is 5.78 Å². The molecule has 1 aliphatic heterocycles. The fraction of sp³-hybridized carbons (Fsp3) is 0.588. The summed E-state index contributed by atoms with van der Waals surface area (Å²) in [7, 11) is 0. The third-order valence-corrected chi connectivity index (χ3v) is 4.67. The predicted molar refractivity (Wildman–Crippen MR) is 82.8 cm³/mol. The number of benzene rings is 1. The number of Topliss-reactive ketones (excluding diaryl/α,β-unsaturated/α-hetero) is 1. The largest absolute Gasteiger partial charge is 0.395 e. The van der Waals surface area contributed by atoms with Crippen LogP contribution >= 0.6 is 0 Å². The van der Waals surface area contributed by atoms with E-state index in [0.29, 0.717) is 6.54 Å². The number of aliphatic hydroxyl groups excluding tert-OH is 1. The van der Waals surface area contributed by atoms with Gasteiger partial charge in [0, 0.05) is 38.3 Å². The number of carbonyl (C=O) groups is 1. The van der Waals surface area contributed by atoms with Crippen LogP contribution in [0.25, 0.3) is 0 Å². The number of piperazine rings is 1. The Kier molecular flexibility index (Phi) is 4.68. The minimum absolute atomic E-state index is 0.216. The highest BCUT2D eigenvalue weighted by Gasteiger charge is 2.20. The molecule has 1 saturated heterocycles. The fourth-order valence-corrected chi connectivity index (χ4v) is 3.35. The number of fused-ring (bicyclic) bond motifs is 1. The first kappa shape index (κ1) is 14.7. The molecule has 2 aliphatic rings. The number of β-amino-alcohol motifs (C(OH)–C–C–N with tert-alkyl or cyclic N) is 1. The highest BCUT2D eigenvalue weighted by atomic mass is 16.3. The molecular weight excluding hydrogens is 264 g/mol. The van der Waals surface area contributed by atoms with Crippen LogP contribution in [-0.2, 0) is 12.8 Å². The van der Waals surface area contributed by atoms with Crippen LogP contribution in [0.2, 0.25) is 0 Å². The topological polar surface area (TPSA) is 43.8 Å². The molecule has 0 spiro atoms. The summed E-state index contributed by atoms with van der Waals surface area (Å²) in [6.07, 6.45) is 3.51. The number of aryl methyl sites for hydroxylation is 2. The minimum Gasteiger partial charge on any atom is -0.395 e. The van der Waals surface area contributed by atoms with E-state index in [1.54, 1.807) is 0 Å². The highest BCUT2D eigenvalue weighted by molar-refractivity contribution is 5.97. The molecule has 0 unspecified atom stereocenters. The molecule has 1 N–H and O–H groups in total. The molecule has 0 atom stereocenters. The van der Waals surface area contributed by atoms with Crippen LogP contribution in [-0.4, -0.2) is 66.6 Å². The lowest BCUT2D eigenvalue weighted by molar-refractivity contribution is 0.0822. The smallest absolute Gasteiger partial charge is 0.176 e. The Morgan fingerprint density at radius 1 is 1.05 bits per heavy atom. The van der Waals surface area contributed by atoms with Crippen LogP contribution in [0.15, 0.2) is 18.2 Å². The van der Waals surface area contributed by atoms with Crippen LogP contribution in [0, 0.1) is 0 Å². The van der Waals surface area contributed by atoms with Gasteiger partial charge in [0.05, 0.1) is 13.2 Å². The SMILES string of the molecule is O=C(CN1CCN(CCO)CC1)c1ccc2c(c1)CCC2. The van der Waals surface area contributed by atoms with Crippen molar-refractivity contribution < 1.29 is 9.90 Å². The second kappa shape index (κ2) is 6.69. The van der Waals surface area contributed by atoms with Gasteiger partial charge < -0.3 is 5.11 Å². The summed E-state index contributed by atoms with van der Waals surface area (Å²) in [6.45, 7) is 5.19. The van der Waals surface area contributed by atoms with Gasteiger partial charge in [-0.2, -0.15) is 0 Å². The third-order valence-electron chi connectivity index (χ3n) is 4.67. The normalized spacial score (nSPS) is 19.7. The first-order valence-electron chi connectivity index (χ1n) is 7.97. The van der Waals surface area contributed by atoms with Crippen molar-refractivity contribution in [1.29, 1.82) is 0 Å². The van der Waals surface area contributed by atoms with E-state index < -0.39 is 0 Å². The number of rotatable bonds is 5. The lowest BCUT2D eigenvalue weighted by Crippen LogP contribution is -2.48. The number of aliphatic hydroxyl groups is 1. The van der Waals surface area contributed by atoms with E-state index in [-0.39, 0.29) is 12.4 Å². The van der Waals surface area contributed by atoms with Crippen LogP contribution in [0.3, 0.4) is 0 Å². The maximum Gasteiger partial charge on any atom is 0.176 e. The molecule has 1 aliphatic carbocycles. The van der Waals surface area contributed by atoms with Crippen molar-refractivity contribution in [2.24, 2.45) is 0 Å². The number of hydrogen-bond donors (Lipinski definition) is 1. The van der Waals surface area contributed by atoms with Crippen LogP contribution in [0.1, 0.15) is 27.9 Å². The predicted octanol–water partition coefficient (Wildman–Crippen LogP) is 0.968. The van der Waals surface area contributed by atoms with Gasteiger partial charge in [0.2, 0.25) is 0 Å². The Morgan fingerprint density at radius 3 is 2.52 bits per heavy atom. The molecule has 4 heteroatoms. The number of nitrogens with zero attached hydrogens (tertiary/aromatic N) is 2. The lowest BCUT2D eigenvalue weighted by atomic mass is 10.0. The second-order valence-corrected chi connectivity index (χ2v) is 6.10. The third kappa shape index (κ3) is 3.51. The van der Waals surface area contributed by atoms with Crippen LogP contribution in [0.4, 0.5) is 0 Å². The molecule has 0 amide bonds. The molecule has 4 nitrogen and oxygen atoms in total. The zero-order chi connectivity index (χ0) is 14.7. The molecule has 0 saturated carbocycles. The minimum atomic E-state index is 0.216. The van der Waals surface area contributed by atoms with E-state index in [0.717, 1.165) is 51.1 Å². The van der Waals surface area contributed by atoms with Gasteiger partial charge in [-0.1, -0.05) is 12.1 Å². The number of ketones is 1. The van der Waals surface area contributed by atoms with E-state index in [1.807, 2.05) is 6.07 Å². The summed E-state index contributed by atoms with van der Waals surface area (Å²) in [5, 5.41) is 8.95. The van der Waals surface area contributed by atoms with Gasteiger partial charge in [-0.3, -0.25) is 14.6 Å². The molecule has 1 fully saturated rings. The second-order valence-electron chi connectivity index (χ2n) is 6.10. The Hall–Kier alpha value is -1.23. The quantitative estimate of drug-likeness (QED) is 0.820. The molecule has 0 bridgehead atoms. The average molecular weight is 288 g/mol. The van der Waals surface area contributed by atoms with Gasteiger partial charge in [0.1, 0.15) is 0 Å². The monoisotopic (exact) mass is 288 g/mol. The zero-order valence-corrected chi connectivity index (χ0v) is 12.6. The molecule has 0 aromatic heterocycles. The Labute approximate surface area is 126 Å². The summed E-state index contributed by atoms with van der Waals surface area (Å²) < 4.78 is 0. The summed E-state index contributed by atoms with van der Waals surface area (Å²) in [5.41, 5.74) is 3.66. The van der Waals surface area contributed by atoms with E-state index >= 15 is 0 Å². The number of hydrogen-bond acceptors (Lipinski definition) is 4. The molecule has 3 rings (SSSR count). The molecule has 0 radical (unpaired) electrons. The van der Waals surface area contributed by atoms with Gasteiger partial charge in [0.25, 0.3) is 0 Å². The van der Waals surface area contributed by atoms with Crippen molar-refractivity contribution in [2.45, 2.75) is 19.3 Å². The van der Waals surface area contributed by atoms with Crippen molar-refractivity contribution >= 4 is 5.78 Å². The Bertz CT molecular complexity index is 508.